The molecule has 4 nitrogen and oxygen atoms in total. The minimum atomic E-state index is -0.612. The highest BCUT2D eigenvalue weighted by molar-refractivity contribution is 7.12. The lowest BCUT2D eigenvalue weighted by molar-refractivity contribution is -0.0640. The van der Waals surface area contributed by atoms with Gasteiger partial charge in [-0.1, -0.05) is 13.0 Å². The maximum Gasteiger partial charge on any atom is 0.265 e. The Morgan fingerprint density at radius 1 is 1.30 bits per heavy atom. The molecule has 1 N–H and O–H groups in total. The van der Waals surface area contributed by atoms with Gasteiger partial charge in [0.1, 0.15) is 0 Å². The van der Waals surface area contributed by atoms with E-state index in [1.54, 1.807) is 12.1 Å². The Balaban J connectivity index is 1.78. The minimum Gasteiger partial charge on any atom is -0.449 e. The van der Waals surface area contributed by atoms with E-state index in [0.29, 0.717) is 22.1 Å². The molecule has 0 radical (unpaired) electrons. The predicted molar refractivity (Wildman–Crippen MR) is 78.7 cm³/mol. The fourth-order valence-corrected chi connectivity index (χ4v) is 2.60. The Morgan fingerprint density at radius 2 is 2.10 bits per heavy atom. The van der Waals surface area contributed by atoms with Crippen molar-refractivity contribution >= 4 is 22.9 Å². The zero-order valence-corrected chi connectivity index (χ0v) is 12.1. The Bertz CT molecular complexity index is 639. The Kier molecular flexibility index (Phi) is 3.14. The summed E-state index contributed by atoms with van der Waals surface area (Å²) >= 11 is 1.41. The number of anilines is 1. The molecule has 0 spiro atoms. The molecule has 0 aliphatic carbocycles. The van der Waals surface area contributed by atoms with Gasteiger partial charge < -0.3 is 14.8 Å². The minimum absolute atomic E-state index is 0.114. The second-order valence-electron chi connectivity index (χ2n) is 4.78. The number of ether oxygens (including phenoxy) is 2. The molecule has 1 amide bonds. The van der Waals surface area contributed by atoms with Crippen LogP contribution in [0.3, 0.4) is 0 Å². The third kappa shape index (κ3) is 2.36. The first kappa shape index (κ1) is 13.0. The number of benzene rings is 1. The van der Waals surface area contributed by atoms with Crippen molar-refractivity contribution < 1.29 is 14.3 Å². The molecule has 0 saturated heterocycles. The normalized spacial score (nSPS) is 19.9. The van der Waals surface area contributed by atoms with E-state index in [-0.39, 0.29) is 5.91 Å². The molecule has 2 aromatic rings. The second kappa shape index (κ2) is 4.83. The summed E-state index contributed by atoms with van der Waals surface area (Å²) < 4.78 is 11.5. The number of fused-ring (bicyclic) bond motifs is 1. The molecule has 1 aromatic carbocycles. The largest absolute Gasteiger partial charge is 0.449 e. The second-order valence-corrected chi connectivity index (χ2v) is 5.73. The van der Waals surface area contributed by atoms with Crippen LogP contribution in [0.2, 0.25) is 0 Å². The lowest BCUT2D eigenvalue weighted by atomic mass is 10.2. The van der Waals surface area contributed by atoms with Crippen molar-refractivity contribution in [3.05, 3.63) is 40.6 Å². The molecule has 20 heavy (non-hydrogen) atoms. The number of amides is 1. The Morgan fingerprint density at radius 3 is 2.80 bits per heavy atom. The third-order valence-corrected chi connectivity index (χ3v) is 4.11. The molecule has 0 saturated carbocycles. The molecule has 3 rings (SSSR count). The van der Waals surface area contributed by atoms with Crippen LogP contribution in [0.1, 0.15) is 29.9 Å². The fraction of sp³-hybridized carbons (Fsp3) is 0.267. The van der Waals surface area contributed by atoms with Crippen molar-refractivity contribution in [1.82, 2.24) is 0 Å². The quantitative estimate of drug-likeness (QED) is 0.932. The molecule has 104 valence electrons. The van der Waals surface area contributed by atoms with Crippen molar-refractivity contribution in [2.24, 2.45) is 0 Å². The SMILES string of the molecule is CCC1(C)Oc2ccc(NC(=O)c3cccs3)cc2O1. The van der Waals surface area contributed by atoms with E-state index in [0.717, 1.165) is 6.42 Å². The van der Waals surface area contributed by atoms with E-state index in [9.17, 15) is 4.79 Å². The summed E-state index contributed by atoms with van der Waals surface area (Å²) in [4.78, 5) is 12.7. The summed E-state index contributed by atoms with van der Waals surface area (Å²) in [5.74, 6) is 0.651. The van der Waals surface area contributed by atoms with Gasteiger partial charge in [0.25, 0.3) is 5.91 Å². The molecule has 1 aromatic heterocycles. The van der Waals surface area contributed by atoms with Gasteiger partial charge in [-0.05, 0) is 23.6 Å². The molecule has 1 unspecified atom stereocenters. The summed E-state index contributed by atoms with van der Waals surface area (Å²) in [5, 5.41) is 4.73. The summed E-state index contributed by atoms with van der Waals surface area (Å²) in [6, 6.07) is 9.07. The molecule has 0 fully saturated rings. The number of carbonyl (C=O) groups is 1. The van der Waals surface area contributed by atoms with Gasteiger partial charge in [0.05, 0.1) is 4.88 Å². The van der Waals surface area contributed by atoms with Crippen molar-refractivity contribution in [1.29, 1.82) is 0 Å². The summed E-state index contributed by atoms with van der Waals surface area (Å²) in [7, 11) is 0. The first-order chi connectivity index (χ1) is 9.59. The Labute approximate surface area is 121 Å². The zero-order chi connectivity index (χ0) is 14.2. The maximum atomic E-state index is 12.0. The molecule has 5 heteroatoms. The maximum absolute atomic E-state index is 12.0. The first-order valence-electron chi connectivity index (χ1n) is 6.46. The smallest absolute Gasteiger partial charge is 0.265 e. The van der Waals surface area contributed by atoms with Crippen LogP contribution in [-0.2, 0) is 0 Å². The van der Waals surface area contributed by atoms with Gasteiger partial charge in [0.15, 0.2) is 11.5 Å². The average Bonchev–Trinajstić information content (AvgIpc) is 3.05. The molecule has 0 bridgehead atoms. The number of hydrogen-bond acceptors (Lipinski definition) is 4. The highest BCUT2D eigenvalue weighted by Gasteiger charge is 2.34. The van der Waals surface area contributed by atoms with Crippen LogP contribution in [0.15, 0.2) is 35.7 Å². The molecule has 1 aliphatic rings. The van der Waals surface area contributed by atoms with Crippen LogP contribution in [0.5, 0.6) is 11.5 Å². The predicted octanol–water partition coefficient (Wildman–Crippen LogP) is 3.90. The van der Waals surface area contributed by atoms with E-state index in [4.69, 9.17) is 9.47 Å². The average molecular weight is 289 g/mol. The number of carbonyl (C=O) groups excluding carboxylic acids is 1. The molecular weight excluding hydrogens is 274 g/mol. The molecule has 1 atom stereocenters. The zero-order valence-electron chi connectivity index (χ0n) is 11.3. The van der Waals surface area contributed by atoms with Crippen LogP contribution in [0.25, 0.3) is 0 Å². The van der Waals surface area contributed by atoms with Gasteiger partial charge >= 0.3 is 0 Å². The van der Waals surface area contributed by atoms with Crippen LogP contribution in [0, 0.1) is 0 Å². The summed E-state index contributed by atoms with van der Waals surface area (Å²) in [6.45, 7) is 3.91. The number of nitrogens with one attached hydrogen (secondary N) is 1. The van der Waals surface area contributed by atoms with Crippen molar-refractivity contribution in [3.63, 3.8) is 0 Å². The highest BCUT2D eigenvalue weighted by Crippen LogP contribution is 2.42. The van der Waals surface area contributed by atoms with Gasteiger partial charge in [-0.15, -0.1) is 11.3 Å². The number of rotatable bonds is 3. The van der Waals surface area contributed by atoms with Crippen molar-refractivity contribution in [2.75, 3.05) is 5.32 Å². The summed E-state index contributed by atoms with van der Waals surface area (Å²) in [5.41, 5.74) is 0.700. The first-order valence-corrected chi connectivity index (χ1v) is 7.34. The monoisotopic (exact) mass is 289 g/mol. The van der Waals surface area contributed by atoms with Crippen LogP contribution < -0.4 is 14.8 Å². The van der Waals surface area contributed by atoms with E-state index in [1.165, 1.54) is 11.3 Å². The van der Waals surface area contributed by atoms with Gasteiger partial charge in [-0.2, -0.15) is 0 Å². The van der Waals surface area contributed by atoms with Crippen LogP contribution in [-0.4, -0.2) is 11.7 Å². The van der Waals surface area contributed by atoms with E-state index < -0.39 is 5.79 Å². The van der Waals surface area contributed by atoms with Crippen LogP contribution >= 0.6 is 11.3 Å². The van der Waals surface area contributed by atoms with E-state index in [1.807, 2.05) is 37.4 Å². The van der Waals surface area contributed by atoms with Gasteiger partial charge in [-0.3, -0.25) is 4.79 Å². The van der Waals surface area contributed by atoms with Gasteiger partial charge in [-0.25, -0.2) is 0 Å². The van der Waals surface area contributed by atoms with Gasteiger partial charge in [0, 0.05) is 25.1 Å². The fourth-order valence-electron chi connectivity index (χ4n) is 1.98. The van der Waals surface area contributed by atoms with Crippen LogP contribution in [0.4, 0.5) is 5.69 Å². The van der Waals surface area contributed by atoms with Crippen molar-refractivity contribution in [2.45, 2.75) is 26.1 Å². The van der Waals surface area contributed by atoms with E-state index >= 15 is 0 Å². The van der Waals surface area contributed by atoms with E-state index in [2.05, 4.69) is 5.32 Å². The Hall–Kier alpha value is -2.01. The lowest BCUT2D eigenvalue weighted by Crippen LogP contribution is -2.33. The summed E-state index contributed by atoms with van der Waals surface area (Å²) in [6.07, 6.45) is 0.749. The third-order valence-electron chi connectivity index (χ3n) is 3.24. The topological polar surface area (TPSA) is 47.6 Å². The molecule has 1 aliphatic heterocycles. The lowest BCUT2D eigenvalue weighted by Gasteiger charge is -2.20. The molecule has 2 heterocycles. The number of thiophene rings is 1. The van der Waals surface area contributed by atoms with Crippen molar-refractivity contribution in [3.8, 4) is 11.5 Å². The molecular formula is C15H15NO3S. The van der Waals surface area contributed by atoms with Gasteiger partial charge in [0.2, 0.25) is 5.79 Å². The number of hydrogen-bond donors (Lipinski definition) is 1. The highest BCUT2D eigenvalue weighted by atomic mass is 32.1. The standard InChI is InChI=1S/C15H15NO3S/c1-3-15(2)18-11-7-6-10(9-12(11)19-15)16-14(17)13-5-4-8-20-13/h4-9H,3H2,1-2H3,(H,16,17).